The van der Waals surface area contributed by atoms with E-state index < -0.39 is 10.0 Å². The molecule has 0 aliphatic heterocycles. The predicted molar refractivity (Wildman–Crippen MR) is 94.0 cm³/mol. The van der Waals surface area contributed by atoms with Crippen molar-refractivity contribution >= 4 is 40.0 Å². The van der Waals surface area contributed by atoms with Crippen LogP contribution in [0.15, 0.2) is 4.99 Å². The summed E-state index contributed by atoms with van der Waals surface area (Å²) in [6, 6.07) is 0.415. The molecule has 0 aromatic rings. The number of guanidine groups is 1. The minimum absolute atomic E-state index is 0. The van der Waals surface area contributed by atoms with E-state index in [9.17, 15) is 8.42 Å². The van der Waals surface area contributed by atoms with E-state index >= 15 is 0 Å². The highest BCUT2D eigenvalue weighted by atomic mass is 127. The third-order valence-electron chi connectivity index (χ3n) is 3.30. The molecule has 0 aromatic carbocycles. The molecule has 0 radical (unpaired) electrons. The van der Waals surface area contributed by atoms with Crippen LogP contribution in [-0.4, -0.2) is 39.3 Å². The van der Waals surface area contributed by atoms with Crippen LogP contribution in [0.2, 0.25) is 0 Å². The van der Waals surface area contributed by atoms with Gasteiger partial charge in [-0.15, -0.1) is 24.0 Å². The van der Waals surface area contributed by atoms with Crippen molar-refractivity contribution in [3.63, 3.8) is 0 Å². The number of nitrogens with one attached hydrogen (secondary N) is 2. The van der Waals surface area contributed by atoms with Gasteiger partial charge >= 0.3 is 0 Å². The first-order valence-electron chi connectivity index (χ1n) is 7.07. The molecule has 0 heterocycles. The summed E-state index contributed by atoms with van der Waals surface area (Å²) in [4.78, 5) is 4.14. The van der Waals surface area contributed by atoms with Gasteiger partial charge in [0.05, 0.1) is 12.3 Å². The maximum atomic E-state index is 11.2. The van der Waals surface area contributed by atoms with Gasteiger partial charge in [0, 0.05) is 12.6 Å². The highest BCUT2D eigenvalue weighted by molar-refractivity contribution is 14.0. The van der Waals surface area contributed by atoms with Crippen molar-refractivity contribution in [2.45, 2.75) is 51.5 Å². The molecule has 0 unspecified atom stereocenters. The molecule has 0 amide bonds. The minimum atomic E-state index is -3.13. The summed E-state index contributed by atoms with van der Waals surface area (Å²) in [5.74, 6) is 0.509. The Morgan fingerprint density at radius 2 is 1.85 bits per heavy atom. The number of hydrogen-bond donors (Lipinski definition) is 3. The summed E-state index contributed by atoms with van der Waals surface area (Å²) in [7, 11) is -3.13. The molecule has 1 aliphatic rings. The fraction of sp³-hybridized carbons (Fsp3) is 0.917. The maximum Gasteiger partial charge on any atom is 0.211 e. The van der Waals surface area contributed by atoms with Crippen LogP contribution < -0.4 is 15.8 Å². The number of sulfonamides is 1. The SMILES string of the molecule is CCS(=O)(=O)NCCN=C(N)NC1CCCCCC1.I. The number of nitrogens with two attached hydrogens (primary N) is 1. The standard InChI is InChI=1S/C12H26N4O2S.HI/c1-2-19(17,18)15-10-9-14-12(13)16-11-7-5-3-4-6-8-11;/h11,15H,2-10H2,1H3,(H3,13,14,16);1H. The van der Waals surface area contributed by atoms with Crippen LogP contribution in [0.3, 0.4) is 0 Å². The Kier molecular flexibility index (Phi) is 10.6. The molecule has 1 aliphatic carbocycles. The first kappa shape index (κ1) is 19.9. The average Bonchev–Trinajstić information content (AvgIpc) is 2.63. The first-order chi connectivity index (χ1) is 9.03. The second kappa shape index (κ2) is 10.6. The Morgan fingerprint density at radius 1 is 1.25 bits per heavy atom. The fourth-order valence-corrected chi connectivity index (χ4v) is 2.76. The van der Waals surface area contributed by atoms with Crippen LogP contribution in [0.1, 0.15) is 45.4 Å². The Hall–Kier alpha value is -0.0900. The van der Waals surface area contributed by atoms with Crippen LogP contribution in [0, 0.1) is 0 Å². The summed E-state index contributed by atoms with van der Waals surface area (Å²) in [6.07, 6.45) is 7.35. The van der Waals surface area contributed by atoms with E-state index in [0.717, 1.165) is 12.8 Å². The highest BCUT2D eigenvalue weighted by Crippen LogP contribution is 2.16. The number of nitrogens with zero attached hydrogens (tertiary/aromatic N) is 1. The van der Waals surface area contributed by atoms with E-state index in [1.54, 1.807) is 6.92 Å². The smallest absolute Gasteiger partial charge is 0.211 e. The molecule has 0 atom stereocenters. The summed E-state index contributed by atoms with van der Waals surface area (Å²) < 4.78 is 24.8. The van der Waals surface area contributed by atoms with Crippen LogP contribution >= 0.6 is 24.0 Å². The van der Waals surface area contributed by atoms with Gasteiger partial charge in [-0.25, -0.2) is 13.1 Å². The zero-order valence-corrected chi connectivity index (χ0v) is 15.2. The van der Waals surface area contributed by atoms with Gasteiger partial charge in [0.15, 0.2) is 5.96 Å². The van der Waals surface area contributed by atoms with E-state index in [4.69, 9.17) is 5.73 Å². The fourth-order valence-electron chi connectivity index (χ4n) is 2.16. The van der Waals surface area contributed by atoms with Crippen molar-refractivity contribution < 1.29 is 8.42 Å². The molecule has 0 aromatic heterocycles. The lowest BCUT2D eigenvalue weighted by Gasteiger charge is -2.16. The molecule has 0 bridgehead atoms. The van der Waals surface area contributed by atoms with Crippen LogP contribution in [0.5, 0.6) is 0 Å². The molecule has 6 nitrogen and oxygen atoms in total. The predicted octanol–water partition coefficient (Wildman–Crippen LogP) is 1.17. The van der Waals surface area contributed by atoms with E-state index in [0.29, 0.717) is 25.1 Å². The summed E-state index contributed by atoms with van der Waals surface area (Å²) in [5.41, 5.74) is 5.80. The van der Waals surface area contributed by atoms with Gasteiger partial charge in [0.2, 0.25) is 10.0 Å². The molecule has 4 N–H and O–H groups in total. The zero-order chi connectivity index (χ0) is 14.1. The van der Waals surface area contributed by atoms with E-state index in [2.05, 4.69) is 15.0 Å². The van der Waals surface area contributed by atoms with Crippen molar-refractivity contribution in [1.82, 2.24) is 10.0 Å². The van der Waals surface area contributed by atoms with Gasteiger partial charge in [0.1, 0.15) is 0 Å². The lowest BCUT2D eigenvalue weighted by Crippen LogP contribution is -2.40. The summed E-state index contributed by atoms with van der Waals surface area (Å²) >= 11 is 0. The zero-order valence-electron chi connectivity index (χ0n) is 12.1. The second-order valence-electron chi connectivity index (χ2n) is 4.90. The summed E-state index contributed by atoms with van der Waals surface area (Å²) in [6.45, 7) is 2.27. The first-order valence-corrected chi connectivity index (χ1v) is 8.72. The van der Waals surface area contributed by atoms with Gasteiger partial charge in [-0.05, 0) is 19.8 Å². The molecule has 1 fully saturated rings. The summed E-state index contributed by atoms with van der Waals surface area (Å²) in [5, 5.41) is 3.22. The molecule has 1 rings (SSSR count). The lowest BCUT2D eigenvalue weighted by atomic mass is 10.1. The van der Waals surface area contributed by atoms with Crippen LogP contribution in [0.25, 0.3) is 0 Å². The third kappa shape index (κ3) is 8.96. The molecule has 120 valence electrons. The van der Waals surface area contributed by atoms with Crippen molar-refractivity contribution in [3.05, 3.63) is 0 Å². The van der Waals surface area contributed by atoms with Crippen molar-refractivity contribution in [3.8, 4) is 0 Å². The highest BCUT2D eigenvalue weighted by Gasteiger charge is 2.12. The van der Waals surface area contributed by atoms with Gasteiger partial charge in [-0.3, -0.25) is 4.99 Å². The third-order valence-corrected chi connectivity index (χ3v) is 4.71. The normalized spacial score (nSPS) is 18.1. The van der Waals surface area contributed by atoms with Crippen molar-refractivity contribution in [2.24, 2.45) is 10.7 Å². The Labute approximate surface area is 139 Å². The van der Waals surface area contributed by atoms with Gasteiger partial charge in [-0.1, -0.05) is 25.7 Å². The van der Waals surface area contributed by atoms with Crippen molar-refractivity contribution in [2.75, 3.05) is 18.8 Å². The number of halogens is 1. The van der Waals surface area contributed by atoms with E-state index in [-0.39, 0.29) is 29.7 Å². The van der Waals surface area contributed by atoms with Crippen molar-refractivity contribution in [1.29, 1.82) is 0 Å². The Balaban J connectivity index is 0.00000361. The van der Waals surface area contributed by atoms with Gasteiger partial charge in [-0.2, -0.15) is 0 Å². The maximum absolute atomic E-state index is 11.2. The van der Waals surface area contributed by atoms with Crippen LogP contribution in [0.4, 0.5) is 0 Å². The largest absolute Gasteiger partial charge is 0.370 e. The van der Waals surface area contributed by atoms with E-state index in [1.807, 2.05) is 0 Å². The molecule has 8 heteroatoms. The second-order valence-corrected chi connectivity index (χ2v) is 6.99. The molecule has 20 heavy (non-hydrogen) atoms. The van der Waals surface area contributed by atoms with Gasteiger partial charge in [0.25, 0.3) is 0 Å². The van der Waals surface area contributed by atoms with Crippen LogP contribution in [-0.2, 0) is 10.0 Å². The lowest BCUT2D eigenvalue weighted by molar-refractivity contribution is 0.530. The Bertz CT molecular complexity index is 379. The molecular weight excluding hydrogens is 391 g/mol. The average molecular weight is 418 g/mol. The Morgan fingerprint density at radius 3 is 2.40 bits per heavy atom. The topological polar surface area (TPSA) is 96.6 Å². The molecule has 0 saturated heterocycles. The minimum Gasteiger partial charge on any atom is -0.370 e. The number of hydrogen-bond acceptors (Lipinski definition) is 3. The van der Waals surface area contributed by atoms with E-state index in [1.165, 1.54) is 25.7 Å². The monoisotopic (exact) mass is 418 g/mol. The quantitative estimate of drug-likeness (QED) is 0.198. The van der Waals surface area contributed by atoms with Gasteiger partial charge < -0.3 is 11.1 Å². The molecule has 0 spiro atoms. The molecule has 1 saturated carbocycles. The number of rotatable bonds is 6. The number of aliphatic imine (C=N–C) groups is 1. The molecular formula is C12H27IN4O2S.